The second-order valence-electron chi connectivity index (χ2n) is 4.73. The van der Waals surface area contributed by atoms with E-state index in [-0.39, 0.29) is 5.78 Å². The van der Waals surface area contributed by atoms with Crippen molar-refractivity contribution in [1.29, 1.82) is 0 Å². The van der Waals surface area contributed by atoms with Crippen molar-refractivity contribution in [1.82, 2.24) is 0 Å². The number of allylic oxidation sites excluding steroid dienone is 2. The minimum atomic E-state index is -0.415. The number of ketones is 1. The van der Waals surface area contributed by atoms with E-state index in [1.165, 1.54) is 14.0 Å². The third-order valence-corrected chi connectivity index (χ3v) is 3.31. The molecule has 1 aromatic carbocycles. The Balaban J connectivity index is 2.56. The average molecular weight is 290 g/mol. The van der Waals surface area contributed by atoms with Crippen molar-refractivity contribution >= 4 is 17.3 Å². The summed E-state index contributed by atoms with van der Waals surface area (Å²) >= 11 is 0. The van der Waals surface area contributed by atoms with Crippen LogP contribution in [-0.2, 0) is 14.3 Å². The highest BCUT2D eigenvalue weighted by Crippen LogP contribution is 2.37. The molecule has 0 bridgehead atoms. The number of carbonyl (C=O) groups is 2. The minimum Gasteiger partial charge on any atom is -0.500 e. The zero-order valence-electron chi connectivity index (χ0n) is 12.4. The molecule has 5 nitrogen and oxygen atoms in total. The number of rotatable bonds is 4. The number of esters is 1. The molecule has 21 heavy (non-hydrogen) atoms. The lowest BCUT2D eigenvalue weighted by Gasteiger charge is -2.20. The number of methoxy groups -OCH3 is 2. The molecule has 0 aromatic heterocycles. The van der Waals surface area contributed by atoms with E-state index < -0.39 is 5.97 Å². The van der Waals surface area contributed by atoms with Gasteiger partial charge in [0.15, 0.2) is 5.78 Å². The Kier molecular flexibility index (Phi) is 4.62. The molecule has 0 saturated heterocycles. The lowest BCUT2D eigenvalue weighted by molar-refractivity contribution is -0.131. The number of benzene rings is 1. The topological polar surface area (TPSA) is 61.8 Å². The van der Waals surface area contributed by atoms with Crippen molar-refractivity contribution in [2.45, 2.75) is 26.2 Å². The summed E-state index contributed by atoms with van der Waals surface area (Å²) in [6, 6.07) is 4.94. The van der Waals surface area contributed by atoms with Crippen molar-refractivity contribution in [2.24, 2.45) is 0 Å². The summed E-state index contributed by atoms with van der Waals surface area (Å²) in [5.74, 6) is 1.16. The Morgan fingerprint density at radius 1 is 1.14 bits per heavy atom. The summed E-state index contributed by atoms with van der Waals surface area (Å²) < 4.78 is 15.7. The first-order chi connectivity index (χ1) is 10.1. The molecule has 0 saturated carbocycles. The second kappa shape index (κ2) is 6.43. The van der Waals surface area contributed by atoms with E-state index in [0.717, 1.165) is 6.42 Å². The van der Waals surface area contributed by atoms with Crippen molar-refractivity contribution in [3.05, 3.63) is 29.5 Å². The van der Waals surface area contributed by atoms with Crippen LogP contribution in [-0.4, -0.2) is 26.0 Å². The lowest BCUT2D eigenvalue weighted by atomic mass is 9.90. The normalized spacial score (nSPS) is 14.9. The summed E-state index contributed by atoms with van der Waals surface area (Å²) in [4.78, 5) is 23.3. The zero-order valence-corrected chi connectivity index (χ0v) is 12.4. The van der Waals surface area contributed by atoms with E-state index in [0.29, 0.717) is 41.2 Å². The molecule has 1 aromatic rings. The van der Waals surface area contributed by atoms with Crippen molar-refractivity contribution in [3.8, 4) is 11.5 Å². The van der Waals surface area contributed by atoms with Gasteiger partial charge in [0, 0.05) is 25.3 Å². The molecule has 5 heteroatoms. The lowest BCUT2D eigenvalue weighted by Crippen LogP contribution is -2.13. The number of ether oxygens (including phenoxy) is 3. The second-order valence-corrected chi connectivity index (χ2v) is 4.73. The number of carbonyl (C=O) groups excluding carboxylic acids is 2. The Morgan fingerprint density at radius 2 is 1.90 bits per heavy atom. The van der Waals surface area contributed by atoms with Gasteiger partial charge in [0.25, 0.3) is 0 Å². The molecule has 1 aliphatic carbocycles. The van der Waals surface area contributed by atoms with Crippen LogP contribution in [0.3, 0.4) is 0 Å². The van der Waals surface area contributed by atoms with Crippen LogP contribution in [0.5, 0.6) is 11.5 Å². The Morgan fingerprint density at radius 3 is 2.52 bits per heavy atom. The quantitative estimate of drug-likeness (QED) is 0.630. The van der Waals surface area contributed by atoms with Gasteiger partial charge in [-0.1, -0.05) is 0 Å². The summed E-state index contributed by atoms with van der Waals surface area (Å²) in [6.45, 7) is 1.33. The van der Waals surface area contributed by atoms with E-state index >= 15 is 0 Å². The monoisotopic (exact) mass is 290 g/mol. The average Bonchev–Trinajstić information content (AvgIpc) is 2.46. The molecule has 0 spiro atoms. The molecule has 0 heterocycles. The van der Waals surface area contributed by atoms with Gasteiger partial charge < -0.3 is 14.2 Å². The summed E-state index contributed by atoms with van der Waals surface area (Å²) in [5.41, 5.74) is 1.10. The van der Waals surface area contributed by atoms with Gasteiger partial charge in [0.05, 0.1) is 19.8 Å². The highest BCUT2D eigenvalue weighted by Gasteiger charge is 2.26. The standard InChI is InChI=1S/C16H18O5/c1-10(17)21-11-7-8-14(19-2)12(9-11)16-13(18)5-4-6-15(16)20-3/h7-9H,4-6H2,1-3H3. The van der Waals surface area contributed by atoms with Crippen molar-refractivity contribution in [3.63, 3.8) is 0 Å². The van der Waals surface area contributed by atoms with Gasteiger partial charge in [-0.2, -0.15) is 0 Å². The summed E-state index contributed by atoms with van der Waals surface area (Å²) in [7, 11) is 3.08. The fourth-order valence-corrected chi connectivity index (χ4v) is 2.43. The first-order valence-corrected chi connectivity index (χ1v) is 6.74. The summed E-state index contributed by atoms with van der Waals surface area (Å²) in [5, 5.41) is 0. The largest absolute Gasteiger partial charge is 0.500 e. The van der Waals surface area contributed by atoms with Gasteiger partial charge in [0.1, 0.15) is 17.3 Å². The van der Waals surface area contributed by atoms with Crippen LogP contribution in [0.25, 0.3) is 5.57 Å². The van der Waals surface area contributed by atoms with Crippen LogP contribution < -0.4 is 9.47 Å². The highest BCUT2D eigenvalue weighted by molar-refractivity contribution is 6.22. The molecular weight excluding hydrogens is 272 g/mol. The van der Waals surface area contributed by atoms with E-state index in [4.69, 9.17) is 14.2 Å². The third kappa shape index (κ3) is 3.24. The molecule has 0 amide bonds. The van der Waals surface area contributed by atoms with Gasteiger partial charge >= 0.3 is 5.97 Å². The molecule has 0 fully saturated rings. The van der Waals surface area contributed by atoms with Crippen LogP contribution in [0, 0.1) is 0 Å². The molecule has 0 unspecified atom stereocenters. The number of Topliss-reactive ketones (excluding diaryl/α,β-unsaturated/α-hetero) is 1. The first-order valence-electron chi connectivity index (χ1n) is 6.74. The fourth-order valence-electron chi connectivity index (χ4n) is 2.43. The number of hydrogen-bond acceptors (Lipinski definition) is 5. The maximum atomic E-state index is 12.3. The summed E-state index contributed by atoms with van der Waals surface area (Å²) in [6.07, 6.45) is 1.96. The van der Waals surface area contributed by atoms with Crippen LogP contribution in [0.2, 0.25) is 0 Å². The Hall–Kier alpha value is -2.30. The van der Waals surface area contributed by atoms with Gasteiger partial charge in [-0.3, -0.25) is 9.59 Å². The van der Waals surface area contributed by atoms with E-state index in [1.807, 2.05) is 0 Å². The first kappa shape index (κ1) is 15.1. The van der Waals surface area contributed by atoms with Crippen LogP contribution >= 0.6 is 0 Å². The van der Waals surface area contributed by atoms with Gasteiger partial charge in [-0.05, 0) is 24.6 Å². The highest BCUT2D eigenvalue weighted by atomic mass is 16.5. The van der Waals surface area contributed by atoms with Crippen molar-refractivity contribution < 1.29 is 23.8 Å². The predicted molar refractivity (Wildman–Crippen MR) is 77.1 cm³/mol. The SMILES string of the molecule is COC1=C(c2cc(OC(C)=O)ccc2OC)C(=O)CCC1. The predicted octanol–water partition coefficient (Wildman–Crippen LogP) is 2.73. The Bertz CT molecular complexity index is 601. The molecular formula is C16H18O5. The molecule has 0 N–H and O–H groups in total. The molecule has 0 aliphatic heterocycles. The van der Waals surface area contributed by atoms with Gasteiger partial charge in [0.2, 0.25) is 0 Å². The van der Waals surface area contributed by atoms with E-state index in [9.17, 15) is 9.59 Å². The molecule has 2 rings (SSSR count). The van der Waals surface area contributed by atoms with E-state index in [2.05, 4.69) is 0 Å². The van der Waals surface area contributed by atoms with E-state index in [1.54, 1.807) is 25.3 Å². The third-order valence-electron chi connectivity index (χ3n) is 3.31. The smallest absolute Gasteiger partial charge is 0.308 e. The van der Waals surface area contributed by atoms with Crippen molar-refractivity contribution in [2.75, 3.05) is 14.2 Å². The molecule has 0 radical (unpaired) electrons. The van der Waals surface area contributed by atoms with Gasteiger partial charge in [-0.25, -0.2) is 0 Å². The molecule has 1 aliphatic rings. The van der Waals surface area contributed by atoms with Gasteiger partial charge in [-0.15, -0.1) is 0 Å². The molecule has 112 valence electrons. The maximum Gasteiger partial charge on any atom is 0.308 e. The van der Waals surface area contributed by atoms with Crippen LogP contribution in [0.15, 0.2) is 24.0 Å². The fraction of sp³-hybridized carbons (Fsp3) is 0.375. The number of hydrogen-bond donors (Lipinski definition) is 0. The maximum absolute atomic E-state index is 12.3. The van der Waals surface area contributed by atoms with Crippen LogP contribution in [0.4, 0.5) is 0 Å². The minimum absolute atomic E-state index is 0.0105. The Labute approximate surface area is 123 Å². The van der Waals surface area contributed by atoms with Crippen LogP contribution in [0.1, 0.15) is 31.7 Å². The molecule has 0 atom stereocenters. The zero-order chi connectivity index (χ0) is 15.4.